The van der Waals surface area contributed by atoms with E-state index >= 15 is 0 Å². The lowest BCUT2D eigenvalue weighted by atomic mass is 9.98. The third kappa shape index (κ3) is 3.50. The molecule has 0 saturated carbocycles. The fourth-order valence-corrected chi connectivity index (χ4v) is 2.43. The second-order valence-electron chi connectivity index (χ2n) is 4.56. The summed E-state index contributed by atoms with van der Waals surface area (Å²) in [5, 5.41) is 3.74. The van der Waals surface area contributed by atoms with Crippen LogP contribution in [-0.2, 0) is 6.42 Å². The summed E-state index contributed by atoms with van der Waals surface area (Å²) in [6.45, 7) is 0. The molecule has 0 bridgehead atoms. The molecule has 2 rings (SSSR count). The molecule has 0 radical (unpaired) electrons. The van der Waals surface area contributed by atoms with E-state index in [1.54, 1.807) is 13.2 Å². The van der Waals surface area contributed by atoms with Gasteiger partial charge in [0.1, 0.15) is 11.6 Å². The van der Waals surface area contributed by atoms with E-state index in [2.05, 4.69) is 5.32 Å². The lowest BCUT2D eigenvalue weighted by Gasteiger charge is -2.18. The highest BCUT2D eigenvalue weighted by Gasteiger charge is 2.14. The van der Waals surface area contributed by atoms with Gasteiger partial charge in [-0.25, -0.2) is 4.39 Å². The highest BCUT2D eigenvalue weighted by molar-refractivity contribution is 6.31. The summed E-state index contributed by atoms with van der Waals surface area (Å²) in [6.07, 6.45) is 0.705. The molecular weight excluding hydrogens is 277 g/mol. The van der Waals surface area contributed by atoms with Gasteiger partial charge in [0.05, 0.1) is 7.11 Å². The number of methoxy groups -OCH3 is 1. The van der Waals surface area contributed by atoms with Gasteiger partial charge in [-0.1, -0.05) is 23.7 Å². The molecule has 0 saturated heterocycles. The molecule has 1 unspecified atom stereocenters. The number of hydrogen-bond donors (Lipinski definition) is 1. The lowest BCUT2D eigenvalue weighted by molar-refractivity contribution is 0.414. The summed E-state index contributed by atoms with van der Waals surface area (Å²) in [6, 6.07) is 12.2. The number of ether oxygens (including phenoxy) is 1. The van der Waals surface area contributed by atoms with E-state index in [0.717, 1.165) is 16.9 Å². The molecule has 0 aliphatic heterocycles. The van der Waals surface area contributed by atoms with Crippen molar-refractivity contribution in [2.75, 3.05) is 14.2 Å². The smallest absolute Gasteiger partial charge is 0.123 e. The van der Waals surface area contributed by atoms with Gasteiger partial charge >= 0.3 is 0 Å². The fourth-order valence-electron chi connectivity index (χ4n) is 2.18. The van der Waals surface area contributed by atoms with E-state index in [1.807, 2.05) is 31.3 Å². The third-order valence-corrected chi connectivity index (χ3v) is 3.60. The van der Waals surface area contributed by atoms with Crippen LogP contribution in [0.25, 0.3) is 0 Å². The standard InChI is InChI=1S/C16H17ClFNO/c1-19-16(14-10-12(18)6-7-15(14)17)9-11-4-3-5-13(8-11)20-2/h3-8,10,16,19H,9H2,1-2H3. The SMILES string of the molecule is CNC(Cc1cccc(OC)c1)c1cc(F)ccc1Cl. The number of hydrogen-bond acceptors (Lipinski definition) is 2. The fraction of sp³-hybridized carbons (Fsp3) is 0.250. The maximum atomic E-state index is 13.4. The average Bonchev–Trinajstić information content (AvgIpc) is 2.47. The number of halogens is 2. The monoisotopic (exact) mass is 293 g/mol. The van der Waals surface area contributed by atoms with Crippen molar-refractivity contribution in [1.29, 1.82) is 0 Å². The van der Waals surface area contributed by atoms with Gasteiger partial charge in [-0.15, -0.1) is 0 Å². The topological polar surface area (TPSA) is 21.3 Å². The maximum absolute atomic E-state index is 13.4. The van der Waals surface area contributed by atoms with Gasteiger partial charge < -0.3 is 10.1 Å². The van der Waals surface area contributed by atoms with Crippen LogP contribution < -0.4 is 10.1 Å². The molecule has 1 atom stereocenters. The minimum absolute atomic E-state index is 0.0506. The number of benzene rings is 2. The first-order chi connectivity index (χ1) is 9.63. The molecule has 4 heteroatoms. The van der Waals surface area contributed by atoms with E-state index in [4.69, 9.17) is 16.3 Å². The molecule has 0 spiro atoms. The van der Waals surface area contributed by atoms with Crippen LogP contribution in [0.3, 0.4) is 0 Å². The first-order valence-electron chi connectivity index (χ1n) is 6.39. The highest BCUT2D eigenvalue weighted by Crippen LogP contribution is 2.27. The molecular formula is C16H17ClFNO. The molecule has 0 amide bonds. The molecule has 20 heavy (non-hydrogen) atoms. The van der Waals surface area contributed by atoms with Crippen LogP contribution in [0.1, 0.15) is 17.2 Å². The van der Waals surface area contributed by atoms with Gasteiger partial charge in [0, 0.05) is 11.1 Å². The minimum atomic E-state index is -0.282. The van der Waals surface area contributed by atoms with E-state index in [1.165, 1.54) is 12.1 Å². The Morgan fingerprint density at radius 2 is 2.05 bits per heavy atom. The lowest BCUT2D eigenvalue weighted by Crippen LogP contribution is -2.19. The van der Waals surface area contributed by atoms with Crippen LogP contribution in [0.5, 0.6) is 5.75 Å². The summed E-state index contributed by atoms with van der Waals surface area (Å²) in [4.78, 5) is 0. The van der Waals surface area contributed by atoms with Crippen molar-refractivity contribution in [2.24, 2.45) is 0 Å². The minimum Gasteiger partial charge on any atom is -0.497 e. The first kappa shape index (κ1) is 14.8. The van der Waals surface area contributed by atoms with Gasteiger partial charge in [0.15, 0.2) is 0 Å². The summed E-state index contributed by atoms with van der Waals surface area (Å²) < 4.78 is 18.6. The van der Waals surface area contributed by atoms with Crippen molar-refractivity contribution in [3.05, 3.63) is 64.4 Å². The Morgan fingerprint density at radius 3 is 2.75 bits per heavy atom. The van der Waals surface area contributed by atoms with Crippen LogP contribution in [0, 0.1) is 5.82 Å². The Labute approximate surface area is 123 Å². The summed E-state index contributed by atoms with van der Waals surface area (Å²) >= 11 is 6.16. The van der Waals surface area contributed by atoms with E-state index in [-0.39, 0.29) is 11.9 Å². The van der Waals surface area contributed by atoms with Gasteiger partial charge in [-0.05, 0) is 54.9 Å². The van der Waals surface area contributed by atoms with Crippen molar-refractivity contribution >= 4 is 11.6 Å². The predicted molar refractivity (Wildman–Crippen MR) is 79.9 cm³/mol. The van der Waals surface area contributed by atoms with E-state index in [0.29, 0.717) is 11.4 Å². The summed E-state index contributed by atoms with van der Waals surface area (Å²) in [5.74, 6) is 0.526. The second-order valence-corrected chi connectivity index (χ2v) is 4.97. The molecule has 0 aromatic heterocycles. The van der Waals surface area contributed by atoms with Crippen LogP contribution in [0.2, 0.25) is 5.02 Å². The van der Waals surface area contributed by atoms with Crippen molar-refractivity contribution in [1.82, 2.24) is 5.32 Å². The molecule has 0 fully saturated rings. The van der Waals surface area contributed by atoms with Gasteiger partial charge in [0.2, 0.25) is 0 Å². The molecule has 0 heterocycles. The Hall–Kier alpha value is -1.58. The maximum Gasteiger partial charge on any atom is 0.123 e. The van der Waals surface area contributed by atoms with Crippen LogP contribution in [-0.4, -0.2) is 14.2 Å². The summed E-state index contributed by atoms with van der Waals surface area (Å²) in [7, 11) is 3.48. The van der Waals surface area contributed by atoms with Crippen molar-refractivity contribution < 1.29 is 9.13 Å². The molecule has 106 valence electrons. The number of likely N-dealkylation sites (N-methyl/N-ethyl adjacent to an activating group) is 1. The Bertz CT molecular complexity index is 588. The third-order valence-electron chi connectivity index (χ3n) is 3.26. The van der Waals surface area contributed by atoms with Crippen molar-refractivity contribution in [3.8, 4) is 5.75 Å². The van der Waals surface area contributed by atoms with E-state index < -0.39 is 0 Å². The van der Waals surface area contributed by atoms with Crippen LogP contribution >= 0.6 is 11.6 Å². The quantitative estimate of drug-likeness (QED) is 0.900. The Kier molecular flexibility index (Phi) is 4.99. The zero-order valence-electron chi connectivity index (χ0n) is 11.5. The van der Waals surface area contributed by atoms with Gasteiger partial charge in [-0.2, -0.15) is 0 Å². The zero-order chi connectivity index (χ0) is 14.5. The second kappa shape index (κ2) is 6.73. The molecule has 2 nitrogen and oxygen atoms in total. The van der Waals surface area contributed by atoms with Crippen LogP contribution in [0.15, 0.2) is 42.5 Å². The van der Waals surface area contributed by atoms with Crippen molar-refractivity contribution in [3.63, 3.8) is 0 Å². The molecule has 2 aromatic carbocycles. The largest absolute Gasteiger partial charge is 0.497 e. The molecule has 0 aliphatic carbocycles. The van der Waals surface area contributed by atoms with Crippen LogP contribution in [0.4, 0.5) is 4.39 Å². The molecule has 0 aliphatic rings. The van der Waals surface area contributed by atoms with E-state index in [9.17, 15) is 4.39 Å². The Balaban J connectivity index is 2.26. The highest BCUT2D eigenvalue weighted by atomic mass is 35.5. The van der Waals surface area contributed by atoms with Gasteiger partial charge in [-0.3, -0.25) is 0 Å². The normalized spacial score (nSPS) is 12.2. The summed E-state index contributed by atoms with van der Waals surface area (Å²) in [5.41, 5.74) is 1.86. The predicted octanol–water partition coefficient (Wildman–Crippen LogP) is 3.99. The zero-order valence-corrected chi connectivity index (χ0v) is 12.2. The molecule has 1 N–H and O–H groups in total. The first-order valence-corrected chi connectivity index (χ1v) is 6.77. The molecule has 2 aromatic rings. The Morgan fingerprint density at radius 1 is 1.25 bits per heavy atom. The number of rotatable bonds is 5. The van der Waals surface area contributed by atoms with Crippen molar-refractivity contribution in [2.45, 2.75) is 12.5 Å². The van der Waals surface area contributed by atoms with Gasteiger partial charge in [0.25, 0.3) is 0 Å². The number of nitrogens with one attached hydrogen (secondary N) is 1. The average molecular weight is 294 g/mol.